The normalized spacial score (nSPS) is 27.3. The van der Waals surface area contributed by atoms with Crippen LogP contribution in [0.3, 0.4) is 0 Å². The zero-order chi connectivity index (χ0) is 39.5. The molecule has 6 aliphatic heterocycles. The van der Waals surface area contributed by atoms with Gasteiger partial charge in [0.15, 0.2) is 0 Å². The third-order valence-electron chi connectivity index (χ3n) is 14.2. The summed E-state index contributed by atoms with van der Waals surface area (Å²) in [5.74, 6) is 1.27. The topological polar surface area (TPSA) is 129 Å². The second kappa shape index (κ2) is 15.0. The van der Waals surface area contributed by atoms with E-state index in [1.807, 2.05) is 18.2 Å². The second-order valence-corrected chi connectivity index (χ2v) is 17.7. The van der Waals surface area contributed by atoms with Gasteiger partial charge < -0.3 is 34.8 Å². The fraction of sp³-hybridized carbons (Fsp3) is 0.447. The summed E-state index contributed by atoms with van der Waals surface area (Å²) in [6, 6.07) is 30.2. The minimum Gasteiger partial charge on any atom is -0.508 e. The van der Waals surface area contributed by atoms with Crippen LogP contribution in [0.1, 0.15) is 87.8 Å². The summed E-state index contributed by atoms with van der Waals surface area (Å²) in [6.07, 6.45) is 3.45. The van der Waals surface area contributed by atoms with E-state index < -0.39 is 18.5 Å². The molecule has 10 rings (SSSR count). The molecule has 4 aromatic carbocycles. The third kappa shape index (κ3) is 6.81. The number of carbonyl (C=O) groups excluding carboxylic acids is 2. The molecule has 2 amide bonds. The van der Waals surface area contributed by atoms with Crippen LogP contribution < -0.4 is 19.9 Å². The SMILES string of the molecule is O=C1c2ccc(N3CC4(CCN(CC5CCN(c6ccc([C@@H]7c8ccc(O)cc8OC[C@@H]7c7ccccc7)cc6)CC5)CC4)C3)cc2C(=O)N1C1CCC(O)NC1O. The Morgan fingerprint density at radius 2 is 1.45 bits per heavy atom. The summed E-state index contributed by atoms with van der Waals surface area (Å²) in [7, 11) is 0. The summed E-state index contributed by atoms with van der Waals surface area (Å²) >= 11 is 0. The van der Waals surface area contributed by atoms with E-state index in [9.17, 15) is 24.9 Å². The number of carbonyl (C=O) groups is 2. The van der Waals surface area contributed by atoms with Gasteiger partial charge in [0, 0.05) is 73.0 Å². The van der Waals surface area contributed by atoms with Gasteiger partial charge in [0.2, 0.25) is 0 Å². The van der Waals surface area contributed by atoms with Crippen LogP contribution in [0, 0.1) is 11.3 Å². The first kappa shape index (κ1) is 37.3. The Balaban J connectivity index is 0.711. The van der Waals surface area contributed by atoms with Crippen molar-refractivity contribution in [3.05, 3.63) is 119 Å². The van der Waals surface area contributed by atoms with E-state index in [1.165, 1.54) is 47.4 Å². The van der Waals surface area contributed by atoms with Gasteiger partial charge in [0.1, 0.15) is 24.0 Å². The number of imide groups is 1. The Hall–Kier alpha value is -4.94. The molecule has 0 aliphatic carbocycles. The largest absolute Gasteiger partial charge is 0.508 e. The number of likely N-dealkylation sites (tertiary alicyclic amines) is 1. The van der Waals surface area contributed by atoms with Crippen molar-refractivity contribution in [2.24, 2.45) is 11.3 Å². The molecule has 0 bridgehead atoms. The van der Waals surface area contributed by atoms with Crippen molar-refractivity contribution in [1.82, 2.24) is 15.1 Å². The molecule has 5 atom stereocenters. The Bertz CT molecular complexity index is 2160. The van der Waals surface area contributed by atoms with E-state index in [1.54, 1.807) is 18.2 Å². The lowest BCUT2D eigenvalue weighted by atomic mass is 9.71. The van der Waals surface area contributed by atoms with E-state index >= 15 is 0 Å². The van der Waals surface area contributed by atoms with Crippen molar-refractivity contribution in [3.63, 3.8) is 0 Å². The molecule has 4 fully saturated rings. The molecule has 3 unspecified atom stereocenters. The molecule has 58 heavy (non-hydrogen) atoms. The molecule has 0 saturated carbocycles. The van der Waals surface area contributed by atoms with Crippen LogP contribution in [0.25, 0.3) is 0 Å². The Kier molecular flexibility index (Phi) is 9.67. The predicted molar refractivity (Wildman–Crippen MR) is 221 cm³/mol. The number of amides is 2. The second-order valence-electron chi connectivity index (χ2n) is 17.7. The van der Waals surface area contributed by atoms with Gasteiger partial charge in [0.05, 0.1) is 23.8 Å². The van der Waals surface area contributed by atoms with Gasteiger partial charge in [0.25, 0.3) is 11.8 Å². The molecule has 4 N–H and O–H groups in total. The van der Waals surface area contributed by atoms with Gasteiger partial charge >= 0.3 is 0 Å². The van der Waals surface area contributed by atoms with Crippen LogP contribution >= 0.6 is 0 Å². The molecule has 0 aromatic heterocycles. The summed E-state index contributed by atoms with van der Waals surface area (Å²) in [5.41, 5.74) is 6.98. The Morgan fingerprint density at radius 3 is 2.19 bits per heavy atom. The lowest BCUT2D eigenvalue weighted by Crippen LogP contribution is -2.60. The van der Waals surface area contributed by atoms with E-state index in [0.717, 1.165) is 62.8 Å². The van der Waals surface area contributed by atoms with E-state index in [-0.39, 0.29) is 29.4 Å². The average Bonchev–Trinajstić information content (AvgIpc) is 3.48. The molecule has 302 valence electrons. The van der Waals surface area contributed by atoms with Crippen molar-refractivity contribution in [1.29, 1.82) is 0 Å². The summed E-state index contributed by atoms with van der Waals surface area (Å²) in [5, 5.41) is 33.1. The minimum absolute atomic E-state index is 0.138. The highest BCUT2D eigenvalue weighted by atomic mass is 16.5. The number of benzene rings is 4. The van der Waals surface area contributed by atoms with Crippen LogP contribution in [-0.4, -0.2) is 108 Å². The molecule has 6 aliphatic rings. The molecule has 4 saturated heterocycles. The average molecular weight is 784 g/mol. The fourth-order valence-corrected chi connectivity index (χ4v) is 10.8. The van der Waals surface area contributed by atoms with Crippen molar-refractivity contribution < 1.29 is 29.6 Å². The number of aliphatic hydroxyl groups is 2. The van der Waals surface area contributed by atoms with Crippen molar-refractivity contribution in [2.75, 3.05) is 62.2 Å². The van der Waals surface area contributed by atoms with Gasteiger partial charge in [-0.1, -0.05) is 48.5 Å². The number of phenolic OH excluding ortho intramolecular Hbond substituents is 1. The zero-order valence-corrected chi connectivity index (χ0v) is 32.9. The Labute approximate surface area is 339 Å². The highest BCUT2D eigenvalue weighted by Gasteiger charge is 2.47. The predicted octanol–water partition coefficient (Wildman–Crippen LogP) is 5.50. The van der Waals surface area contributed by atoms with Crippen molar-refractivity contribution >= 4 is 23.2 Å². The summed E-state index contributed by atoms with van der Waals surface area (Å²) < 4.78 is 6.18. The number of phenols is 1. The molecule has 1 spiro atoms. The maximum Gasteiger partial charge on any atom is 0.262 e. The summed E-state index contributed by atoms with van der Waals surface area (Å²) in [4.78, 5) is 35.4. The smallest absolute Gasteiger partial charge is 0.262 e. The maximum atomic E-state index is 13.4. The molecule has 6 heterocycles. The van der Waals surface area contributed by atoms with Crippen molar-refractivity contribution in [2.45, 2.75) is 68.9 Å². The number of nitrogens with one attached hydrogen (secondary N) is 1. The number of aromatic hydroxyl groups is 1. The number of piperidine rings is 3. The van der Waals surface area contributed by atoms with E-state index in [2.05, 4.69) is 74.6 Å². The highest BCUT2D eigenvalue weighted by molar-refractivity contribution is 6.22. The number of hydrogen-bond acceptors (Lipinski definition) is 10. The number of rotatable bonds is 7. The van der Waals surface area contributed by atoms with Crippen LogP contribution in [-0.2, 0) is 0 Å². The first-order chi connectivity index (χ1) is 28.2. The number of fused-ring (bicyclic) bond motifs is 2. The summed E-state index contributed by atoms with van der Waals surface area (Å²) in [6.45, 7) is 8.02. The van der Waals surface area contributed by atoms with Gasteiger partial charge in [-0.25, -0.2) is 0 Å². The van der Waals surface area contributed by atoms with Crippen LogP contribution in [0.4, 0.5) is 11.4 Å². The van der Waals surface area contributed by atoms with Gasteiger partial charge in [-0.3, -0.25) is 19.8 Å². The van der Waals surface area contributed by atoms with Crippen LogP contribution in [0.15, 0.2) is 91.0 Å². The molecule has 4 aromatic rings. The van der Waals surface area contributed by atoms with Gasteiger partial charge in [-0.05, 0) is 105 Å². The molecule has 11 heteroatoms. The van der Waals surface area contributed by atoms with Crippen molar-refractivity contribution in [3.8, 4) is 11.5 Å². The van der Waals surface area contributed by atoms with E-state index in [0.29, 0.717) is 41.9 Å². The minimum atomic E-state index is -1.15. The van der Waals surface area contributed by atoms with Gasteiger partial charge in [-0.2, -0.15) is 0 Å². The first-order valence-corrected chi connectivity index (χ1v) is 21.2. The lowest BCUT2D eigenvalue weighted by Gasteiger charge is -2.55. The molecule has 11 nitrogen and oxygen atoms in total. The van der Waals surface area contributed by atoms with Gasteiger partial charge in [-0.15, -0.1) is 0 Å². The monoisotopic (exact) mass is 783 g/mol. The molecular weight excluding hydrogens is 731 g/mol. The first-order valence-electron chi connectivity index (χ1n) is 21.2. The number of anilines is 2. The number of ether oxygens (including phenoxy) is 1. The third-order valence-corrected chi connectivity index (χ3v) is 14.2. The standard InChI is InChI=1S/C47H53N5O6/c53-35-11-13-37-41(25-35)58-27-39(31-4-2-1-3-5-31)43(37)32-6-8-33(9-7-32)50-20-16-30(17-21-50)26-49-22-18-47(19-23-49)28-51(29-47)34-10-12-36-38(24-34)46(57)52(45(36)56)40-14-15-42(54)48-44(40)55/h1-13,24-25,30,39-40,42-44,48,53-55H,14-23,26-29H2/t39-,40?,42?,43-,44?/m1/s1. The highest BCUT2D eigenvalue weighted by Crippen LogP contribution is 2.48. The maximum absolute atomic E-state index is 13.4. The number of aliphatic hydroxyl groups excluding tert-OH is 2. The van der Waals surface area contributed by atoms with Crippen LogP contribution in [0.2, 0.25) is 0 Å². The fourth-order valence-electron chi connectivity index (χ4n) is 10.8. The lowest BCUT2D eigenvalue weighted by molar-refractivity contribution is -0.0413. The number of nitrogens with zero attached hydrogens (tertiary/aromatic N) is 4. The zero-order valence-electron chi connectivity index (χ0n) is 32.9. The van der Waals surface area contributed by atoms with Crippen LogP contribution in [0.5, 0.6) is 11.5 Å². The Morgan fingerprint density at radius 1 is 0.724 bits per heavy atom. The van der Waals surface area contributed by atoms with E-state index in [4.69, 9.17) is 4.74 Å². The quantitative estimate of drug-likeness (QED) is 0.179. The molecule has 0 radical (unpaired) electrons. The molecular formula is C47H53N5O6. The number of hydrogen-bond donors (Lipinski definition) is 4.